The van der Waals surface area contributed by atoms with Crippen LogP contribution in [-0.4, -0.2) is 51.0 Å². The Morgan fingerprint density at radius 3 is 3.05 bits per heavy atom. The van der Waals surface area contributed by atoms with E-state index in [9.17, 15) is 9.59 Å². The van der Waals surface area contributed by atoms with Gasteiger partial charge in [-0.1, -0.05) is 13.3 Å². The van der Waals surface area contributed by atoms with Crippen molar-refractivity contribution in [1.82, 2.24) is 19.6 Å². The summed E-state index contributed by atoms with van der Waals surface area (Å²) >= 11 is 0. The number of likely N-dealkylation sites (tertiary alicyclic amines) is 1. The standard InChI is InChI=1S/C16H24N4O2/c1-2-3-5-16(22)19-10-13-7-8-17-20(13)14(12-19)11-18-9-4-6-15(18)21/h7-8,14H,2-6,9-12H2,1H3/t14-/m1/s1. The molecule has 0 N–H and O–H groups in total. The second-order valence-electron chi connectivity index (χ2n) is 6.24. The van der Waals surface area contributed by atoms with Gasteiger partial charge in [0.2, 0.25) is 11.8 Å². The van der Waals surface area contributed by atoms with Gasteiger partial charge in [0, 0.05) is 38.7 Å². The van der Waals surface area contributed by atoms with Crippen molar-refractivity contribution in [2.45, 2.75) is 51.6 Å². The lowest BCUT2D eigenvalue weighted by molar-refractivity contribution is -0.133. The molecule has 120 valence electrons. The molecule has 1 atom stereocenters. The SMILES string of the molecule is CCCCC(=O)N1Cc2ccnn2[C@H](CN2CCCC2=O)C1. The molecule has 22 heavy (non-hydrogen) atoms. The molecule has 1 aromatic rings. The zero-order valence-corrected chi connectivity index (χ0v) is 13.2. The maximum absolute atomic E-state index is 12.4. The zero-order valence-electron chi connectivity index (χ0n) is 13.2. The van der Waals surface area contributed by atoms with Gasteiger partial charge in [0.15, 0.2) is 0 Å². The summed E-state index contributed by atoms with van der Waals surface area (Å²) in [5.74, 6) is 0.440. The van der Waals surface area contributed by atoms with Crippen LogP contribution in [0.2, 0.25) is 0 Å². The predicted molar refractivity (Wildman–Crippen MR) is 82.0 cm³/mol. The van der Waals surface area contributed by atoms with E-state index in [1.807, 2.05) is 20.5 Å². The zero-order chi connectivity index (χ0) is 15.5. The molecule has 3 rings (SSSR count). The summed E-state index contributed by atoms with van der Waals surface area (Å²) in [6, 6.07) is 2.05. The molecule has 0 unspecified atom stereocenters. The molecule has 6 heteroatoms. The topological polar surface area (TPSA) is 58.4 Å². The summed E-state index contributed by atoms with van der Waals surface area (Å²) in [4.78, 5) is 28.1. The average molecular weight is 304 g/mol. The Labute approximate surface area is 131 Å². The quantitative estimate of drug-likeness (QED) is 0.830. The Morgan fingerprint density at radius 2 is 2.32 bits per heavy atom. The fourth-order valence-electron chi connectivity index (χ4n) is 3.35. The van der Waals surface area contributed by atoms with Crippen molar-refractivity contribution < 1.29 is 9.59 Å². The maximum atomic E-state index is 12.4. The van der Waals surface area contributed by atoms with Crippen LogP contribution in [0, 0.1) is 0 Å². The molecule has 0 radical (unpaired) electrons. The highest BCUT2D eigenvalue weighted by molar-refractivity contribution is 5.78. The van der Waals surface area contributed by atoms with Gasteiger partial charge in [-0.15, -0.1) is 0 Å². The first-order valence-electron chi connectivity index (χ1n) is 8.27. The lowest BCUT2D eigenvalue weighted by atomic mass is 10.1. The van der Waals surface area contributed by atoms with E-state index in [1.165, 1.54) is 0 Å². The van der Waals surface area contributed by atoms with Crippen LogP contribution in [0.1, 0.15) is 50.8 Å². The smallest absolute Gasteiger partial charge is 0.222 e. The van der Waals surface area contributed by atoms with Crippen LogP contribution in [0.5, 0.6) is 0 Å². The van der Waals surface area contributed by atoms with Crippen LogP contribution in [0.4, 0.5) is 0 Å². The summed E-state index contributed by atoms with van der Waals surface area (Å²) in [6.07, 6.45) is 5.95. The summed E-state index contributed by atoms with van der Waals surface area (Å²) in [5.41, 5.74) is 1.06. The molecular weight excluding hydrogens is 280 g/mol. The van der Waals surface area contributed by atoms with Gasteiger partial charge in [-0.2, -0.15) is 5.10 Å². The Kier molecular flexibility index (Phi) is 4.45. The predicted octanol–water partition coefficient (Wildman–Crippen LogP) is 1.58. The van der Waals surface area contributed by atoms with Gasteiger partial charge in [0.25, 0.3) is 0 Å². The number of unbranched alkanes of at least 4 members (excludes halogenated alkanes) is 1. The second kappa shape index (κ2) is 6.50. The van der Waals surface area contributed by atoms with E-state index < -0.39 is 0 Å². The van der Waals surface area contributed by atoms with E-state index in [0.29, 0.717) is 32.5 Å². The van der Waals surface area contributed by atoms with Crippen LogP contribution >= 0.6 is 0 Å². The highest BCUT2D eigenvalue weighted by Crippen LogP contribution is 2.24. The monoisotopic (exact) mass is 304 g/mol. The van der Waals surface area contributed by atoms with E-state index in [1.54, 1.807) is 6.20 Å². The van der Waals surface area contributed by atoms with Crippen LogP contribution < -0.4 is 0 Å². The normalized spacial score (nSPS) is 21.3. The molecule has 1 aromatic heterocycles. The lowest BCUT2D eigenvalue weighted by Crippen LogP contribution is -2.45. The van der Waals surface area contributed by atoms with Crippen molar-refractivity contribution >= 4 is 11.8 Å². The first-order valence-corrected chi connectivity index (χ1v) is 8.27. The van der Waals surface area contributed by atoms with Gasteiger partial charge in [-0.3, -0.25) is 14.3 Å². The van der Waals surface area contributed by atoms with Crippen molar-refractivity contribution in [3.8, 4) is 0 Å². The number of aromatic nitrogens is 2. The van der Waals surface area contributed by atoms with Crippen molar-refractivity contribution in [2.24, 2.45) is 0 Å². The number of hydrogen-bond acceptors (Lipinski definition) is 3. The summed E-state index contributed by atoms with van der Waals surface area (Å²) in [7, 11) is 0. The van der Waals surface area contributed by atoms with E-state index in [0.717, 1.165) is 31.5 Å². The van der Waals surface area contributed by atoms with Crippen molar-refractivity contribution in [3.63, 3.8) is 0 Å². The number of fused-ring (bicyclic) bond motifs is 1. The highest BCUT2D eigenvalue weighted by atomic mass is 16.2. The molecule has 0 saturated carbocycles. The van der Waals surface area contributed by atoms with Crippen LogP contribution in [-0.2, 0) is 16.1 Å². The fraction of sp³-hybridized carbons (Fsp3) is 0.688. The number of nitrogens with zero attached hydrogens (tertiary/aromatic N) is 4. The number of rotatable bonds is 5. The minimum absolute atomic E-state index is 0.0753. The highest BCUT2D eigenvalue weighted by Gasteiger charge is 2.31. The van der Waals surface area contributed by atoms with Crippen LogP contribution in [0.15, 0.2) is 12.3 Å². The number of hydrogen-bond donors (Lipinski definition) is 0. The van der Waals surface area contributed by atoms with E-state index >= 15 is 0 Å². The van der Waals surface area contributed by atoms with E-state index in [4.69, 9.17) is 0 Å². The van der Waals surface area contributed by atoms with Crippen molar-refractivity contribution in [1.29, 1.82) is 0 Å². The first-order chi connectivity index (χ1) is 10.7. The van der Waals surface area contributed by atoms with Gasteiger partial charge >= 0.3 is 0 Å². The second-order valence-corrected chi connectivity index (χ2v) is 6.24. The molecule has 3 heterocycles. The summed E-state index contributed by atoms with van der Waals surface area (Å²) in [6.45, 7) is 4.87. The molecule has 0 aliphatic carbocycles. The summed E-state index contributed by atoms with van der Waals surface area (Å²) in [5, 5.41) is 4.40. The van der Waals surface area contributed by atoms with Crippen molar-refractivity contribution in [3.05, 3.63) is 18.0 Å². The van der Waals surface area contributed by atoms with Gasteiger partial charge in [0.1, 0.15) is 0 Å². The third-order valence-electron chi connectivity index (χ3n) is 4.58. The van der Waals surface area contributed by atoms with Gasteiger partial charge in [0.05, 0.1) is 18.3 Å². The summed E-state index contributed by atoms with van der Waals surface area (Å²) < 4.78 is 2.00. The molecule has 2 aliphatic heterocycles. The third kappa shape index (κ3) is 3.00. The molecule has 0 aromatic carbocycles. The van der Waals surface area contributed by atoms with Gasteiger partial charge in [-0.25, -0.2) is 0 Å². The molecule has 0 spiro atoms. The Hall–Kier alpha value is -1.85. The van der Waals surface area contributed by atoms with Crippen molar-refractivity contribution in [2.75, 3.05) is 19.6 Å². The number of carbonyl (C=O) groups excluding carboxylic acids is 2. The Balaban J connectivity index is 1.71. The largest absolute Gasteiger partial charge is 0.340 e. The molecule has 2 aliphatic rings. The Bertz CT molecular complexity index is 554. The minimum Gasteiger partial charge on any atom is -0.340 e. The molecule has 1 saturated heterocycles. The van der Waals surface area contributed by atoms with Gasteiger partial charge in [-0.05, 0) is 18.9 Å². The lowest BCUT2D eigenvalue weighted by Gasteiger charge is -2.35. The van der Waals surface area contributed by atoms with Crippen LogP contribution in [0.3, 0.4) is 0 Å². The number of carbonyl (C=O) groups is 2. The maximum Gasteiger partial charge on any atom is 0.222 e. The van der Waals surface area contributed by atoms with Crippen LogP contribution in [0.25, 0.3) is 0 Å². The third-order valence-corrected chi connectivity index (χ3v) is 4.58. The minimum atomic E-state index is 0.0753. The molecule has 2 amide bonds. The molecule has 1 fully saturated rings. The molecule has 6 nitrogen and oxygen atoms in total. The Morgan fingerprint density at radius 1 is 1.45 bits per heavy atom. The number of amides is 2. The van der Waals surface area contributed by atoms with E-state index in [2.05, 4.69) is 12.0 Å². The molecular formula is C16H24N4O2. The average Bonchev–Trinajstić information content (AvgIpc) is 3.14. The van der Waals surface area contributed by atoms with E-state index in [-0.39, 0.29) is 17.9 Å². The molecule has 0 bridgehead atoms. The fourth-order valence-corrected chi connectivity index (χ4v) is 3.35. The first kappa shape index (κ1) is 15.1. The van der Waals surface area contributed by atoms with Gasteiger partial charge < -0.3 is 9.80 Å².